The van der Waals surface area contributed by atoms with Crippen LogP contribution in [0.3, 0.4) is 0 Å². The molecule has 0 bridgehead atoms. The van der Waals surface area contributed by atoms with Gasteiger partial charge in [0, 0.05) is 36.9 Å². The number of piperidine rings is 1. The molecular weight excluding hydrogens is 490 g/mol. The summed E-state index contributed by atoms with van der Waals surface area (Å²) >= 11 is 5.70. The fraction of sp³-hybridized carbons (Fsp3) is 0.250. The summed E-state index contributed by atoms with van der Waals surface area (Å²) in [5.41, 5.74) is 1.30. The van der Waals surface area contributed by atoms with Crippen LogP contribution in [-0.2, 0) is 7.05 Å². The van der Waals surface area contributed by atoms with Gasteiger partial charge in [0.2, 0.25) is 11.9 Å². The first-order chi connectivity index (χ1) is 17.4. The van der Waals surface area contributed by atoms with E-state index in [4.69, 9.17) is 11.6 Å². The monoisotopic (exact) mass is 512 g/mol. The summed E-state index contributed by atoms with van der Waals surface area (Å²) in [6, 6.07) is 11.1. The van der Waals surface area contributed by atoms with E-state index in [1.165, 1.54) is 6.20 Å². The largest absolute Gasteiger partial charge is 0.350 e. The highest BCUT2D eigenvalue weighted by atomic mass is 35.5. The van der Waals surface area contributed by atoms with E-state index in [-0.39, 0.29) is 28.7 Å². The van der Waals surface area contributed by atoms with Crippen LogP contribution in [0.25, 0.3) is 11.2 Å². The van der Waals surface area contributed by atoms with Gasteiger partial charge in [-0.1, -0.05) is 29.8 Å². The summed E-state index contributed by atoms with van der Waals surface area (Å²) in [6.07, 6.45) is 3.22. The van der Waals surface area contributed by atoms with E-state index in [9.17, 15) is 13.6 Å². The number of aryl methyl sites for hydroxylation is 1. The smallest absolute Gasteiger partial charge is 0.321 e. The third kappa shape index (κ3) is 5.01. The van der Waals surface area contributed by atoms with Crippen LogP contribution in [0.1, 0.15) is 12.8 Å². The van der Waals surface area contributed by atoms with Gasteiger partial charge in [-0.05, 0) is 37.1 Å². The first-order valence-electron chi connectivity index (χ1n) is 11.4. The zero-order valence-corrected chi connectivity index (χ0v) is 20.1. The SMILES string of the molecule is Cn1c(Nc2c(F)cc(Cl)cc2F)nc2cnc(N[C@@H]3CCCN(C(=O)Nc4ccccc4)C3)nc21. The van der Waals surface area contributed by atoms with Gasteiger partial charge in [0.05, 0.1) is 6.20 Å². The van der Waals surface area contributed by atoms with Gasteiger partial charge < -0.3 is 20.9 Å². The van der Waals surface area contributed by atoms with Crippen LogP contribution in [0.15, 0.2) is 48.7 Å². The fourth-order valence-electron chi connectivity index (χ4n) is 4.12. The number of amides is 2. The number of halogens is 3. The van der Waals surface area contributed by atoms with Crippen LogP contribution in [0, 0.1) is 11.6 Å². The molecule has 5 rings (SSSR count). The van der Waals surface area contributed by atoms with Gasteiger partial charge in [0.15, 0.2) is 17.3 Å². The Hall–Kier alpha value is -3.99. The van der Waals surface area contributed by atoms with Crippen LogP contribution >= 0.6 is 11.6 Å². The molecule has 9 nitrogen and oxygen atoms in total. The summed E-state index contributed by atoms with van der Waals surface area (Å²) in [7, 11) is 1.68. The number of anilines is 4. The Balaban J connectivity index is 1.29. The van der Waals surface area contributed by atoms with E-state index in [0.29, 0.717) is 30.2 Å². The number of para-hydroxylation sites is 1. The van der Waals surface area contributed by atoms with Crippen molar-refractivity contribution in [3.8, 4) is 0 Å². The molecule has 3 N–H and O–H groups in total. The van der Waals surface area contributed by atoms with Crippen molar-refractivity contribution in [2.75, 3.05) is 29.0 Å². The Kier molecular flexibility index (Phi) is 6.55. The highest BCUT2D eigenvalue weighted by molar-refractivity contribution is 6.30. The second-order valence-corrected chi connectivity index (χ2v) is 8.93. The van der Waals surface area contributed by atoms with Crippen molar-refractivity contribution in [1.29, 1.82) is 0 Å². The topological polar surface area (TPSA) is 100 Å². The molecule has 36 heavy (non-hydrogen) atoms. The van der Waals surface area contributed by atoms with Crippen molar-refractivity contribution in [2.45, 2.75) is 18.9 Å². The van der Waals surface area contributed by atoms with E-state index in [1.54, 1.807) is 16.5 Å². The van der Waals surface area contributed by atoms with E-state index in [2.05, 4.69) is 30.9 Å². The van der Waals surface area contributed by atoms with E-state index in [1.807, 2.05) is 30.3 Å². The lowest BCUT2D eigenvalue weighted by Gasteiger charge is -2.33. The molecule has 12 heteroatoms. The third-order valence-corrected chi connectivity index (χ3v) is 6.14. The molecule has 3 heterocycles. The Bertz CT molecular complexity index is 1390. The summed E-state index contributed by atoms with van der Waals surface area (Å²) in [4.78, 5) is 27.7. The molecule has 1 aliphatic rings. The fourth-order valence-corrected chi connectivity index (χ4v) is 4.31. The molecule has 0 aliphatic carbocycles. The normalized spacial score (nSPS) is 15.7. The zero-order chi connectivity index (χ0) is 25.2. The summed E-state index contributed by atoms with van der Waals surface area (Å²) in [5, 5.41) is 8.83. The number of nitrogens with one attached hydrogen (secondary N) is 3. The van der Waals surface area contributed by atoms with Crippen LogP contribution < -0.4 is 16.0 Å². The van der Waals surface area contributed by atoms with Crippen LogP contribution in [0.2, 0.25) is 5.02 Å². The third-order valence-electron chi connectivity index (χ3n) is 5.92. The number of rotatable bonds is 5. The molecule has 0 radical (unpaired) electrons. The van der Waals surface area contributed by atoms with Crippen molar-refractivity contribution in [3.63, 3.8) is 0 Å². The van der Waals surface area contributed by atoms with Gasteiger partial charge in [-0.25, -0.2) is 23.5 Å². The summed E-state index contributed by atoms with van der Waals surface area (Å²) < 4.78 is 30.0. The molecule has 0 saturated carbocycles. The first kappa shape index (κ1) is 23.7. The molecule has 0 spiro atoms. The lowest BCUT2D eigenvalue weighted by molar-refractivity contribution is 0.196. The number of likely N-dealkylation sites (tertiary alicyclic amines) is 1. The molecule has 1 atom stereocenters. The first-order valence-corrected chi connectivity index (χ1v) is 11.7. The van der Waals surface area contributed by atoms with E-state index < -0.39 is 11.6 Å². The van der Waals surface area contributed by atoms with E-state index in [0.717, 1.165) is 30.7 Å². The molecule has 2 aromatic heterocycles. The standard InChI is InChI=1S/C24H23ClF2N8O/c1-34-21-19(31-23(34)32-20-17(26)10-14(25)11-18(20)27)12-28-22(33-21)29-16-8-5-9-35(13-16)24(36)30-15-6-3-2-4-7-15/h2-4,6-7,10-12,16H,5,8-9,13H2,1H3,(H,30,36)(H,31,32)(H,28,29,33)/t16-/m1/s1. The second-order valence-electron chi connectivity index (χ2n) is 8.49. The van der Waals surface area contributed by atoms with Gasteiger partial charge in [-0.15, -0.1) is 0 Å². The number of imidazole rings is 1. The number of hydrogen-bond donors (Lipinski definition) is 3. The highest BCUT2D eigenvalue weighted by Crippen LogP contribution is 2.28. The molecule has 2 aromatic carbocycles. The van der Waals surface area contributed by atoms with Gasteiger partial charge in [0.25, 0.3) is 0 Å². The average Bonchev–Trinajstić information content (AvgIpc) is 3.17. The maximum absolute atomic E-state index is 14.2. The number of carbonyl (C=O) groups is 1. The Morgan fingerprint density at radius 1 is 1.14 bits per heavy atom. The lowest BCUT2D eigenvalue weighted by atomic mass is 10.1. The van der Waals surface area contributed by atoms with E-state index >= 15 is 0 Å². The summed E-state index contributed by atoms with van der Waals surface area (Å²) in [5.74, 6) is -1.11. The molecule has 1 saturated heterocycles. The molecule has 186 valence electrons. The highest BCUT2D eigenvalue weighted by Gasteiger charge is 2.25. The molecule has 4 aromatic rings. The number of carbonyl (C=O) groups excluding carboxylic acids is 1. The second kappa shape index (κ2) is 9.94. The Labute approximate surface area is 210 Å². The number of nitrogens with zero attached hydrogens (tertiary/aromatic N) is 5. The lowest BCUT2D eigenvalue weighted by Crippen LogP contribution is -2.47. The zero-order valence-electron chi connectivity index (χ0n) is 19.3. The van der Waals surface area contributed by atoms with Crippen molar-refractivity contribution >= 4 is 52.1 Å². The predicted molar refractivity (Wildman–Crippen MR) is 135 cm³/mol. The number of urea groups is 1. The van der Waals surface area contributed by atoms with Crippen molar-refractivity contribution in [2.24, 2.45) is 7.05 Å². The quantitative estimate of drug-likeness (QED) is 0.342. The minimum Gasteiger partial charge on any atom is -0.350 e. The Morgan fingerprint density at radius 3 is 2.64 bits per heavy atom. The van der Waals surface area contributed by atoms with Crippen LogP contribution in [0.5, 0.6) is 0 Å². The number of aromatic nitrogens is 4. The van der Waals surface area contributed by atoms with Crippen molar-refractivity contribution < 1.29 is 13.6 Å². The maximum atomic E-state index is 14.2. The van der Waals surface area contributed by atoms with Gasteiger partial charge in [0.1, 0.15) is 11.2 Å². The van der Waals surface area contributed by atoms with Gasteiger partial charge in [-0.3, -0.25) is 4.57 Å². The van der Waals surface area contributed by atoms with Crippen LogP contribution in [0.4, 0.5) is 36.8 Å². The van der Waals surface area contributed by atoms with Crippen molar-refractivity contribution in [1.82, 2.24) is 24.4 Å². The minimum absolute atomic E-state index is 0.0408. The van der Waals surface area contributed by atoms with Gasteiger partial charge in [-0.2, -0.15) is 4.98 Å². The molecular formula is C24H23ClF2N8O. The maximum Gasteiger partial charge on any atom is 0.321 e. The number of fused-ring (bicyclic) bond motifs is 1. The van der Waals surface area contributed by atoms with Crippen molar-refractivity contribution in [3.05, 3.63) is 65.3 Å². The molecule has 1 aliphatic heterocycles. The molecule has 0 unspecified atom stereocenters. The van der Waals surface area contributed by atoms with Crippen LogP contribution in [-0.4, -0.2) is 49.6 Å². The minimum atomic E-state index is -0.835. The average molecular weight is 513 g/mol. The van der Waals surface area contributed by atoms with Gasteiger partial charge >= 0.3 is 6.03 Å². The Morgan fingerprint density at radius 2 is 1.89 bits per heavy atom. The predicted octanol–water partition coefficient (Wildman–Crippen LogP) is 5.15. The summed E-state index contributed by atoms with van der Waals surface area (Å²) in [6.45, 7) is 1.15. The number of hydrogen-bond acceptors (Lipinski definition) is 6. The molecule has 2 amide bonds. The molecule has 1 fully saturated rings. The number of benzene rings is 2.